The first kappa shape index (κ1) is 24.5. The van der Waals surface area contributed by atoms with Gasteiger partial charge in [-0.25, -0.2) is 0 Å². The second-order valence-electron chi connectivity index (χ2n) is 9.37. The number of rotatable bonds is 7. The normalized spacial score (nSPS) is 15.0. The van der Waals surface area contributed by atoms with Gasteiger partial charge in [-0.15, -0.1) is 10.2 Å². The van der Waals surface area contributed by atoms with Gasteiger partial charge in [0.05, 0.1) is 5.69 Å². The Morgan fingerprint density at radius 2 is 1.63 bits per heavy atom. The van der Waals surface area contributed by atoms with E-state index in [4.69, 9.17) is 9.47 Å². The van der Waals surface area contributed by atoms with Gasteiger partial charge < -0.3 is 14.4 Å². The van der Waals surface area contributed by atoms with Crippen molar-refractivity contribution < 1.29 is 14.3 Å². The number of hydrogen-bond acceptors (Lipinski definition) is 7. The first-order valence-electron chi connectivity index (χ1n) is 12.7. The van der Waals surface area contributed by atoms with Crippen LogP contribution in [0, 0.1) is 0 Å². The number of piperazine rings is 1. The van der Waals surface area contributed by atoms with E-state index >= 15 is 0 Å². The second kappa shape index (κ2) is 11.2. The molecule has 192 valence electrons. The van der Waals surface area contributed by atoms with Crippen LogP contribution >= 0.6 is 11.8 Å². The highest BCUT2D eigenvalue weighted by atomic mass is 32.2. The maximum Gasteiger partial charge on any atom is 0.253 e. The highest BCUT2D eigenvalue weighted by Crippen LogP contribution is 2.33. The Morgan fingerprint density at radius 1 is 0.789 bits per heavy atom. The average Bonchev–Trinajstić information content (AvgIpc) is 3.45. The molecule has 2 aliphatic rings. The molecule has 0 aliphatic carbocycles. The first-order chi connectivity index (χ1) is 18.7. The summed E-state index contributed by atoms with van der Waals surface area (Å²) in [6.45, 7) is 4.23. The largest absolute Gasteiger partial charge is 0.454 e. The molecule has 3 aromatic carbocycles. The third kappa shape index (κ3) is 5.66. The van der Waals surface area contributed by atoms with Crippen molar-refractivity contribution in [3.63, 3.8) is 0 Å². The fourth-order valence-electron chi connectivity index (χ4n) is 4.70. The Kier molecular flexibility index (Phi) is 7.24. The maximum atomic E-state index is 13.2. The van der Waals surface area contributed by atoms with Gasteiger partial charge in [-0.1, -0.05) is 60.3 Å². The van der Waals surface area contributed by atoms with Crippen molar-refractivity contribution in [2.75, 3.05) is 33.0 Å². The van der Waals surface area contributed by atoms with Crippen molar-refractivity contribution in [1.29, 1.82) is 0 Å². The van der Waals surface area contributed by atoms with Crippen LogP contribution in [0.2, 0.25) is 0 Å². The molecular formula is C30H28N4O3S. The van der Waals surface area contributed by atoms with Gasteiger partial charge in [-0.2, -0.15) is 0 Å². The summed E-state index contributed by atoms with van der Waals surface area (Å²) in [6, 6.07) is 28.0. The van der Waals surface area contributed by atoms with E-state index in [2.05, 4.69) is 27.2 Å². The summed E-state index contributed by atoms with van der Waals surface area (Å²) in [5, 5.41) is 9.60. The molecule has 1 amide bonds. The SMILES string of the molecule is O=C(c1cccc(CSc2ccc(-c3ccccc3)nn2)c1)N1CCN(Cc2ccc3c(c2)OCO3)CC1. The number of thioether (sulfide) groups is 1. The zero-order valence-corrected chi connectivity index (χ0v) is 21.8. The second-order valence-corrected chi connectivity index (χ2v) is 10.4. The van der Waals surface area contributed by atoms with Crippen LogP contribution in [0.5, 0.6) is 11.5 Å². The molecule has 1 saturated heterocycles. The van der Waals surface area contributed by atoms with Gasteiger partial charge in [-0.3, -0.25) is 9.69 Å². The lowest BCUT2D eigenvalue weighted by molar-refractivity contribution is 0.0628. The fraction of sp³-hybridized carbons (Fsp3) is 0.233. The number of aromatic nitrogens is 2. The van der Waals surface area contributed by atoms with E-state index in [1.807, 2.05) is 77.7 Å². The van der Waals surface area contributed by atoms with Gasteiger partial charge in [0.25, 0.3) is 5.91 Å². The highest BCUT2D eigenvalue weighted by Gasteiger charge is 2.23. The molecule has 8 heteroatoms. The summed E-state index contributed by atoms with van der Waals surface area (Å²) in [6.07, 6.45) is 0. The number of benzene rings is 3. The number of carbonyl (C=O) groups is 1. The molecule has 0 radical (unpaired) electrons. The summed E-state index contributed by atoms with van der Waals surface area (Å²) in [4.78, 5) is 17.6. The van der Waals surface area contributed by atoms with E-state index in [0.29, 0.717) is 13.1 Å². The van der Waals surface area contributed by atoms with E-state index in [-0.39, 0.29) is 12.7 Å². The summed E-state index contributed by atoms with van der Waals surface area (Å²) >= 11 is 1.62. The van der Waals surface area contributed by atoms with Crippen molar-refractivity contribution in [1.82, 2.24) is 20.0 Å². The number of ether oxygens (including phenoxy) is 2. The van der Waals surface area contributed by atoms with E-state index < -0.39 is 0 Å². The predicted octanol–water partition coefficient (Wildman–Crippen LogP) is 5.12. The lowest BCUT2D eigenvalue weighted by atomic mass is 10.1. The Balaban J connectivity index is 1.01. The predicted molar refractivity (Wildman–Crippen MR) is 147 cm³/mol. The minimum absolute atomic E-state index is 0.0894. The summed E-state index contributed by atoms with van der Waals surface area (Å²) in [5.74, 6) is 2.43. The lowest BCUT2D eigenvalue weighted by Crippen LogP contribution is -2.48. The van der Waals surface area contributed by atoms with Crippen LogP contribution < -0.4 is 9.47 Å². The van der Waals surface area contributed by atoms with Gasteiger partial charge >= 0.3 is 0 Å². The Morgan fingerprint density at radius 3 is 2.45 bits per heavy atom. The Hall–Kier alpha value is -3.88. The molecule has 7 nitrogen and oxygen atoms in total. The van der Waals surface area contributed by atoms with Crippen LogP contribution in [0.3, 0.4) is 0 Å². The molecule has 38 heavy (non-hydrogen) atoms. The number of carbonyl (C=O) groups excluding carboxylic acids is 1. The van der Waals surface area contributed by atoms with E-state index in [1.165, 1.54) is 5.56 Å². The summed E-state index contributed by atoms with van der Waals surface area (Å²) < 4.78 is 10.9. The van der Waals surface area contributed by atoms with Crippen LogP contribution in [-0.2, 0) is 12.3 Å². The van der Waals surface area contributed by atoms with E-state index in [0.717, 1.165) is 64.3 Å². The zero-order chi connectivity index (χ0) is 25.7. The van der Waals surface area contributed by atoms with Crippen LogP contribution in [0.15, 0.2) is 90.0 Å². The van der Waals surface area contributed by atoms with Crippen molar-refractivity contribution in [2.45, 2.75) is 17.3 Å². The monoisotopic (exact) mass is 524 g/mol. The van der Waals surface area contributed by atoms with E-state index in [9.17, 15) is 4.79 Å². The fourth-order valence-corrected chi connectivity index (χ4v) is 5.46. The minimum atomic E-state index is 0.0894. The van der Waals surface area contributed by atoms with Crippen molar-refractivity contribution in [3.8, 4) is 22.8 Å². The molecule has 1 aromatic heterocycles. The van der Waals surface area contributed by atoms with E-state index in [1.54, 1.807) is 11.8 Å². The topological polar surface area (TPSA) is 67.8 Å². The van der Waals surface area contributed by atoms with Gasteiger partial charge in [0, 0.05) is 49.6 Å². The molecule has 6 rings (SSSR count). The first-order valence-corrected chi connectivity index (χ1v) is 13.7. The Bertz CT molecular complexity index is 1410. The number of amides is 1. The number of nitrogens with zero attached hydrogens (tertiary/aromatic N) is 4. The molecule has 4 aromatic rings. The van der Waals surface area contributed by atoms with Crippen LogP contribution in [-0.4, -0.2) is 58.9 Å². The summed E-state index contributed by atoms with van der Waals surface area (Å²) in [7, 11) is 0. The van der Waals surface area contributed by atoms with Gasteiger partial charge in [-0.05, 0) is 47.5 Å². The van der Waals surface area contributed by atoms with Crippen LogP contribution in [0.1, 0.15) is 21.5 Å². The van der Waals surface area contributed by atoms with Gasteiger partial charge in [0.2, 0.25) is 6.79 Å². The molecular weight excluding hydrogens is 496 g/mol. The molecule has 0 N–H and O–H groups in total. The average molecular weight is 525 g/mol. The molecule has 0 bridgehead atoms. The van der Waals surface area contributed by atoms with Crippen molar-refractivity contribution in [3.05, 3.63) is 102 Å². The molecule has 0 spiro atoms. The molecule has 1 fully saturated rings. The van der Waals surface area contributed by atoms with Crippen LogP contribution in [0.25, 0.3) is 11.3 Å². The molecule has 3 heterocycles. The summed E-state index contributed by atoms with van der Waals surface area (Å²) in [5.41, 5.74) is 4.93. The highest BCUT2D eigenvalue weighted by molar-refractivity contribution is 7.98. The lowest BCUT2D eigenvalue weighted by Gasteiger charge is -2.34. The molecule has 0 atom stereocenters. The van der Waals surface area contributed by atoms with Crippen LogP contribution in [0.4, 0.5) is 0 Å². The third-order valence-electron chi connectivity index (χ3n) is 6.77. The zero-order valence-electron chi connectivity index (χ0n) is 21.0. The quantitative estimate of drug-likeness (QED) is 0.311. The standard InChI is InChI=1S/C30H28N4O3S/c35-30(34-15-13-33(14-16-34)19-22-9-11-27-28(18-22)37-21-36-27)25-8-4-5-23(17-25)20-38-29-12-10-26(31-32-29)24-6-2-1-3-7-24/h1-12,17-18H,13-16,19-21H2. The molecule has 2 aliphatic heterocycles. The number of hydrogen-bond donors (Lipinski definition) is 0. The van der Waals surface area contributed by atoms with Crippen molar-refractivity contribution in [2.24, 2.45) is 0 Å². The third-order valence-corrected chi connectivity index (χ3v) is 7.76. The minimum Gasteiger partial charge on any atom is -0.454 e. The number of fused-ring (bicyclic) bond motifs is 1. The maximum absolute atomic E-state index is 13.2. The van der Waals surface area contributed by atoms with Gasteiger partial charge in [0.1, 0.15) is 5.03 Å². The van der Waals surface area contributed by atoms with Crippen molar-refractivity contribution >= 4 is 17.7 Å². The van der Waals surface area contributed by atoms with Gasteiger partial charge in [0.15, 0.2) is 11.5 Å². The molecule has 0 unspecified atom stereocenters. The smallest absolute Gasteiger partial charge is 0.253 e. The molecule has 0 saturated carbocycles. The Labute approximate surface area is 226 Å².